The number of halogens is 1. The first kappa shape index (κ1) is 19.6. The van der Waals surface area contributed by atoms with Crippen LogP contribution in [0.2, 0.25) is 5.02 Å². The van der Waals surface area contributed by atoms with E-state index in [4.69, 9.17) is 25.8 Å². The number of ether oxygens (including phenoxy) is 3. The number of hydrogen-bond donors (Lipinski definition) is 1. The molecule has 0 atom stereocenters. The number of anilines is 1. The maximum atomic E-state index is 12.1. The molecule has 0 saturated carbocycles. The van der Waals surface area contributed by atoms with Crippen LogP contribution in [0, 0.1) is 6.92 Å². The second-order valence-electron chi connectivity index (χ2n) is 5.41. The molecule has 0 spiro atoms. The second-order valence-corrected chi connectivity index (χ2v) is 5.81. The number of esters is 1. The average Bonchev–Trinajstić information content (AvgIpc) is 2.61. The van der Waals surface area contributed by atoms with Crippen molar-refractivity contribution in [2.45, 2.75) is 13.8 Å². The third-order valence-electron chi connectivity index (χ3n) is 3.42. The maximum Gasteiger partial charge on any atom is 0.341 e. The van der Waals surface area contributed by atoms with Crippen LogP contribution in [0.4, 0.5) is 5.69 Å². The number of nitrogens with one attached hydrogen (secondary N) is 1. The van der Waals surface area contributed by atoms with E-state index in [1.165, 1.54) is 19.2 Å². The van der Waals surface area contributed by atoms with Crippen LogP contribution in [0.1, 0.15) is 22.8 Å². The van der Waals surface area contributed by atoms with Gasteiger partial charge in [-0.2, -0.15) is 0 Å². The van der Waals surface area contributed by atoms with Gasteiger partial charge in [0.1, 0.15) is 17.1 Å². The van der Waals surface area contributed by atoms with E-state index in [1.807, 2.05) is 25.1 Å². The molecule has 0 fully saturated rings. The number of rotatable bonds is 7. The molecule has 2 aromatic rings. The summed E-state index contributed by atoms with van der Waals surface area (Å²) in [7, 11) is 1.42. The van der Waals surface area contributed by atoms with E-state index in [0.29, 0.717) is 11.4 Å². The molecule has 0 saturated heterocycles. The third-order valence-corrected chi connectivity index (χ3v) is 3.73. The van der Waals surface area contributed by atoms with Crippen molar-refractivity contribution in [1.82, 2.24) is 0 Å². The number of aryl methyl sites for hydroxylation is 1. The average molecular weight is 378 g/mol. The number of benzene rings is 2. The molecule has 0 aliphatic carbocycles. The molecule has 1 amide bonds. The van der Waals surface area contributed by atoms with Gasteiger partial charge in [0.2, 0.25) is 0 Å². The summed E-state index contributed by atoms with van der Waals surface area (Å²) in [6.45, 7) is 3.69. The second kappa shape index (κ2) is 9.10. The Bertz CT molecular complexity index is 807. The van der Waals surface area contributed by atoms with E-state index < -0.39 is 5.97 Å². The van der Waals surface area contributed by atoms with Crippen LogP contribution in [-0.4, -0.2) is 32.2 Å². The molecule has 0 radical (unpaired) electrons. The van der Waals surface area contributed by atoms with Crippen molar-refractivity contribution in [2.24, 2.45) is 0 Å². The van der Waals surface area contributed by atoms with Crippen molar-refractivity contribution in [3.63, 3.8) is 0 Å². The molecule has 2 rings (SSSR count). The van der Waals surface area contributed by atoms with E-state index in [0.717, 1.165) is 5.56 Å². The summed E-state index contributed by atoms with van der Waals surface area (Å²) >= 11 is 6.17. The first-order valence-corrected chi connectivity index (χ1v) is 8.36. The third kappa shape index (κ3) is 5.13. The fraction of sp³-hybridized carbons (Fsp3) is 0.263. The van der Waals surface area contributed by atoms with Crippen LogP contribution in [0.3, 0.4) is 0 Å². The maximum absolute atomic E-state index is 12.1. The van der Waals surface area contributed by atoms with E-state index in [-0.39, 0.29) is 35.5 Å². The summed E-state index contributed by atoms with van der Waals surface area (Å²) in [6.07, 6.45) is 0. The van der Waals surface area contributed by atoms with Crippen molar-refractivity contribution in [2.75, 3.05) is 25.6 Å². The highest BCUT2D eigenvalue weighted by Gasteiger charge is 2.18. The first-order chi connectivity index (χ1) is 12.4. The SMILES string of the molecule is CCOC(=O)c1cc(Cl)c(NC(=O)COc2cccc(C)c2)cc1OC. The molecule has 2 aromatic carbocycles. The molecule has 0 aliphatic heterocycles. The highest BCUT2D eigenvalue weighted by atomic mass is 35.5. The van der Waals surface area contributed by atoms with Gasteiger partial charge >= 0.3 is 5.97 Å². The van der Waals surface area contributed by atoms with Crippen molar-refractivity contribution in [1.29, 1.82) is 0 Å². The fourth-order valence-corrected chi connectivity index (χ4v) is 2.44. The van der Waals surface area contributed by atoms with Crippen LogP contribution in [-0.2, 0) is 9.53 Å². The molecule has 26 heavy (non-hydrogen) atoms. The number of hydrogen-bond acceptors (Lipinski definition) is 5. The Morgan fingerprint density at radius 2 is 1.96 bits per heavy atom. The molecular weight excluding hydrogens is 358 g/mol. The summed E-state index contributed by atoms with van der Waals surface area (Å²) < 4.78 is 15.6. The summed E-state index contributed by atoms with van der Waals surface area (Å²) in [5, 5.41) is 2.83. The minimum atomic E-state index is -0.549. The summed E-state index contributed by atoms with van der Waals surface area (Å²) in [5.74, 6) is -0.0875. The van der Waals surface area contributed by atoms with Gasteiger partial charge in [0.25, 0.3) is 5.91 Å². The first-order valence-electron chi connectivity index (χ1n) is 7.98. The van der Waals surface area contributed by atoms with Gasteiger partial charge in [-0.3, -0.25) is 4.79 Å². The smallest absolute Gasteiger partial charge is 0.341 e. The predicted octanol–water partition coefficient (Wildman–Crippen LogP) is 3.85. The molecule has 6 nitrogen and oxygen atoms in total. The van der Waals surface area contributed by atoms with Crippen molar-refractivity contribution < 1.29 is 23.8 Å². The van der Waals surface area contributed by atoms with Crippen LogP contribution in [0.5, 0.6) is 11.5 Å². The Morgan fingerprint density at radius 1 is 1.19 bits per heavy atom. The lowest BCUT2D eigenvalue weighted by molar-refractivity contribution is -0.118. The summed E-state index contributed by atoms with van der Waals surface area (Å²) in [6, 6.07) is 10.2. The topological polar surface area (TPSA) is 73.9 Å². The van der Waals surface area contributed by atoms with Gasteiger partial charge in [-0.1, -0.05) is 23.7 Å². The molecule has 0 aliphatic rings. The normalized spacial score (nSPS) is 10.2. The molecule has 7 heteroatoms. The summed E-state index contributed by atoms with van der Waals surface area (Å²) in [4.78, 5) is 24.0. The standard InChI is InChI=1S/C19H20ClNO5/c1-4-25-19(23)14-9-15(20)16(10-17(14)24-3)21-18(22)11-26-13-7-5-6-12(2)8-13/h5-10H,4,11H2,1-3H3,(H,21,22). The van der Waals surface area contributed by atoms with E-state index >= 15 is 0 Å². The molecular formula is C19H20ClNO5. The quantitative estimate of drug-likeness (QED) is 0.742. The number of amides is 1. The Labute approximate surface area is 157 Å². The number of methoxy groups -OCH3 is 1. The van der Waals surface area contributed by atoms with E-state index in [1.54, 1.807) is 13.0 Å². The van der Waals surface area contributed by atoms with Crippen LogP contribution in [0.25, 0.3) is 0 Å². The Morgan fingerprint density at radius 3 is 2.62 bits per heavy atom. The Hall–Kier alpha value is -2.73. The Kier molecular flexibility index (Phi) is 6.86. The minimum absolute atomic E-state index is 0.179. The lowest BCUT2D eigenvalue weighted by Crippen LogP contribution is -2.20. The van der Waals surface area contributed by atoms with Gasteiger partial charge in [0.05, 0.1) is 24.4 Å². The molecule has 0 aromatic heterocycles. The number of carbonyl (C=O) groups is 2. The van der Waals surface area contributed by atoms with Gasteiger partial charge in [0.15, 0.2) is 6.61 Å². The lowest BCUT2D eigenvalue weighted by Gasteiger charge is -2.13. The monoisotopic (exact) mass is 377 g/mol. The lowest BCUT2D eigenvalue weighted by atomic mass is 10.1. The number of carbonyl (C=O) groups excluding carboxylic acids is 2. The predicted molar refractivity (Wildman–Crippen MR) is 99.3 cm³/mol. The minimum Gasteiger partial charge on any atom is -0.496 e. The van der Waals surface area contributed by atoms with Crippen LogP contribution in [0.15, 0.2) is 36.4 Å². The molecule has 0 unspecified atom stereocenters. The molecule has 1 N–H and O–H groups in total. The zero-order valence-corrected chi connectivity index (χ0v) is 15.6. The van der Waals surface area contributed by atoms with Gasteiger partial charge in [0, 0.05) is 6.07 Å². The fourth-order valence-electron chi connectivity index (χ4n) is 2.23. The van der Waals surface area contributed by atoms with Gasteiger partial charge in [-0.15, -0.1) is 0 Å². The largest absolute Gasteiger partial charge is 0.496 e. The Balaban J connectivity index is 2.08. The highest BCUT2D eigenvalue weighted by molar-refractivity contribution is 6.34. The van der Waals surface area contributed by atoms with Crippen molar-refractivity contribution >= 4 is 29.2 Å². The zero-order valence-electron chi connectivity index (χ0n) is 14.8. The van der Waals surface area contributed by atoms with Crippen molar-refractivity contribution in [3.05, 3.63) is 52.5 Å². The van der Waals surface area contributed by atoms with Crippen LogP contribution >= 0.6 is 11.6 Å². The van der Waals surface area contributed by atoms with Crippen molar-refractivity contribution in [3.8, 4) is 11.5 Å². The highest BCUT2D eigenvalue weighted by Crippen LogP contribution is 2.31. The van der Waals surface area contributed by atoms with Gasteiger partial charge < -0.3 is 19.5 Å². The molecule has 138 valence electrons. The summed E-state index contributed by atoms with van der Waals surface area (Å²) in [5.41, 5.74) is 1.54. The van der Waals surface area contributed by atoms with Crippen LogP contribution < -0.4 is 14.8 Å². The van der Waals surface area contributed by atoms with Gasteiger partial charge in [-0.05, 0) is 37.6 Å². The van der Waals surface area contributed by atoms with E-state index in [9.17, 15) is 9.59 Å². The van der Waals surface area contributed by atoms with Gasteiger partial charge in [-0.25, -0.2) is 4.79 Å². The zero-order chi connectivity index (χ0) is 19.1. The molecule has 0 heterocycles. The van der Waals surface area contributed by atoms with E-state index in [2.05, 4.69) is 5.32 Å². The molecule has 0 bridgehead atoms.